The SMILES string of the molecule is CCNC(c1ccc(C)c(OC)c1)c1cc(C)c(Br)s1. The van der Waals surface area contributed by atoms with E-state index < -0.39 is 0 Å². The summed E-state index contributed by atoms with van der Waals surface area (Å²) in [6.07, 6.45) is 0. The molecule has 0 aliphatic carbocycles. The Morgan fingerprint density at radius 3 is 2.55 bits per heavy atom. The molecule has 2 rings (SSSR count). The van der Waals surface area contributed by atoms with Crippen LogP contribution in [0.25, 0.3) is 0 Å². The van der Waals surface area contributed by atoms with Gasteiger partial charge >= 0.3 is 0 Å². The number of nitrogens with one attached hydrogen (secondary N) is 1. The predicted octanol–water partition coefficient (Wildman–Crippen LogP) is 4.83. The van der Waals surface area contributed by atoms with Crippen LogP contribution in [0.2, 0.25) is 0 Å². The molecule has 1 N–H and O–H groups in total. The van der Waals surface area contributed by atoms with Crippen LogP contribution in [-0.4, -0.2) is 13.7 Å². The zero-order chi connectivity index (χ0) is 14.7. The second-order valence-corrected chi connectivity index (χ2v) is 7.23. The van der Waals surface area contributed by atoms with Crippen molar-refractivity contribution in [3.8, 4) is 5.75 Å². The fourth-order valence-electron chi connectivity index (χ4n) is 2.23. The molecule has 4 heteroatoms. The maximum absolute atomic E-state index is 5.45. The third-order valence-corrected chi connectivity index (χ3v) is 5.54. The van der Waals surface area contributed by atoms with Gasteiger partial charge in [0.1, 0.15) is 5.75 Å². The van der Waals surface area contributed by atoms with Gasteiger partial charge in [0.15, 0.2) is 0 Å². The molecule has 1 aromatic carbocycles. The molecule has 0 aliphatic heterocycles. The molecule has 0 spiro atoms. The molecule has 0 saturated heterocycles. The number of rotatable bonds is 5. The van der Waals surface area contributed by atoms with Crippen molar-refractivity contribution in [3.05, 3.63) is 49.6 Å². The Kier molecular flexibility index (Phi) is 5.24. The molecule has 0 bridgehead atoms. The second-order valence-electron chi connectivity index (χ2n) is 4.83. The maximum atomic E-state index is 5.45. The summed E-state index contributed by atoms with van der Waals surface area (Å²) in [5.41, 5.74) is 3.69. The number of ether oxygens (including phenoxy) is 1. The standard InChI is InChI=1S/C16H20BrNOS/c1-5-18-15(14-8-11(3)16(17)20-14)12-7-6-10(2)13(9-12)19-4/h6-9,15,18H,5H2,1-4H3. The number of halogens is 1. The molecule has 0 amide bonds. The van der Waals surface area contributed by atoms with E-state index in [2.05, 4.69) is 66.3 Å². The molecule has 2 nitrogen and oxygen atoms in total. The molecule has 108 valence electrons. The van der Waals surface area contributed by atoms with E-state index in [4.69, 9.17) is 4.74 Å². The summed E-state index contributed by atoms with van der Waals surface area (Å²) < 4.78 is 6.65. The van der Waals surface area contributed by atoms with Gasteiger partial charge in [0, 0.05) is 4.88 Å². The van der Waals surface area contributed by atoms with Gasteiger partial charge in [-0.1, -0.05) is 19.1 Å². The molecule has 0 fully saturated rings. The lowest BCUT2D eigenvalue weighted by Crippen LogP contribution is -2.21. The van der Waals surface area contributed by atoms with Crippen LogP contribution < -0.4 is 10.1 Å². The van der Waals surface area contributed by atoms with Gasteiger partial charge in [-0.2, -0.15) is 0 Å². The molecule has 2 aromatic rings. The highest BCUT2D eigenvalue weighted by atomic mass is 79.9. The van der Waals surface area contributed by atoms with Crippen molar-refractivity contribution < 1.29 is 4.74 Å². The lowest BCUT2D eigenvalue weighted by molar-refractivity contribution is 0.410. The summed E-state index contributed by atoms with van der Waals surface area (Å²) in [6, 6.07) is 8.88. The molecule has 0 aliphatic rings. The number of thiophene rings is 1. The van der Waals surface area contributed by atoms with Gasteiger partial charge in [0.05, 0.1) is 16.9 Å². The third kappa shape index (κ3) is 3.25. The molecular formula is C16H20BrNOS. The number of benzene rings is 1. The van der Waals surface area contributed by atoms with Crippen LogP contribution in [0.15, 0.2) is 28.1 Å². The Morgan fingerprint density at radius 1 is 1.25 bits per heavy atom. The Morgan fingerprint density at radius 2 is 2.00 bits per heavy atom. The average Bonchev–Trinajstić information content (AvgIpc) is 2.76. The minimum absolute atomic E-state index is 0.212. The topological polar surface area (TPSA) is 21.3 Å². The highest BCUT2D eigenvalue weighted by Crippen LogP contribution is 2.35. The molecular weight excluding hydrogens is 334 g/mol. The summed E-state index contributed by atoms with van der Waals surface area (Å²) in [7, 11) is 1.72. The minimum Gasteiger partial charge on any atom is -0.496 e. The Labute approximate surface area is 133 Å². The zero-order valence-corrected chi connectivity index (χ0v) is 14.7. The molecule has 0 saturated carbocycles. The lowest BCUT2D eigenvalue weighted by Gasteiger charge is -2.18. The van der Waals surface area contributed by atoms with Crippen LogP contribution in [0.5, 0.6) is 5.75 Å². The average molecular weight is 354 g/mol. The largest absolute Gasteiger partial charge is 0.496 e. The van der Waals surface area contributed by atoms with Crippen molar-refractivity contribution in [2.24, 2.45) is 0 Å². The quantitative estimate of drug-likeness (QED) is 0.830. The monoisotopic (exact) mass is 353 g/mol. The normalized spacial score (nSPS) is 12.4. The van der Waals surface area contributed by atoms with E-state index in [9.17, 15) is 0 Å². The number of methoxy groups -OCH3 is 1. The first-order valence-corrected chi connectivity index (χ1v) is 8.31. The summed E-state index contributed by atoms with van der Waals surface area (Å²) >= 11 is 5.40. The van der Waals surface area contributed by atoms with E-state index in [0.717, 1.165) is 17.9 Å². The lowest BCUT2D eigenvalue weighted by atomic mass is 10.0. The van der Waals surface area contributed by atoms with Gasteiger partial charge < -0.3 is 10.1 Å². The Hall–Kier alpha value is -0.840. The van der Waals surface area contributed by atoms with Crippen molar-refractivity contribution in [1.82, 2.24) is 5.32 Å². The first kappa shape index (κ1) is 15.5. The van der Waals surface area contributed by atoms with Crippen LogP contribution in [0.1, 0.15) is 34.5 Å². The van der Waals surface area contributed by atoms with Crippen LogP contribution in [0, 0.1) is 13.8 Å². The van der Waals surface area contributed by atoms with Gasteiger partial charge in [-0.25, -0.2) is 0 Å². The van der Waals surface area contributed by atoms with E-state index >= 15 is 0 Å². The predicted molar refractivity (Wildman–Crippen MR) is 90.0 cm³/mol. The van der Waals surface area contributed by atoms with E-state index in [1.807, 2.05) is 0 Å². The summed E-state index contributed by atoms with van der Waals surface area (Å²) in [6.45, 7) is 7.25. The third-order valence-electron chi connectivity index (χ3n) is 3.33. The number of aryl methyl sites for hydroxylation is 2. The molecule has 1 unspecified atom stereocenters. The highest BCUT2D eigenvalue weighted by Gasteiger charge is 2.17. The first-order valence-electron chi connectivity index (χ1n) is 6.70. The molecule has 20 heavy (non-hydrogen) atoms. The smallest absolute Gasteiger partial charge is 0.122 e. The molecule has 1 heterocycles. The van der Waals surface area contributed by atoms with Crippen molar-refractivity contribution in [2.45, 2.75) is 26.8 Å². The van der Waals surface area contributed by atoms with Gasteiger partial charge in [0.2, 0.25) is 0 Å². The van der Waals surface area contributed by atoms with Gasteiger partial charge in [-0.15, -0.1) is 11.3 Å². The van der Waals surface area contributed by atoms with E-state index in [1.165, 1.54) is 19.8 Å². The van der Waals surface area contributed by atoms with Crippen molar-refractivity contribution in [3.63, 3.8) is 0 Å². The van der Waals surface area contributed by atoms with Crippen molar-refractivity contribution in [1.29, 1.82) is 0 Å². The Balaban J connectivity index is 2.42. The first-order chi connectivity index (χ1) is 9.56. The molecule has 0 radical (unpaired) electrons. The van der Waals surface area contributed by atoms with Crippen molar-refractivity contribution in [2.75, 3.05) is 13.7 Å². The fourth-order valence-corrected chi connectivity index (χ4v) is 3.90. The van der Waals surface area contributed by atoms with Gasteiger partial charge in [-0.05, 0) is 65.1 Å². The van der Waals surface area contributed by atoms with E-state index in [0.29, 0.717) is 0 Å². The minimum atomic E-state index is 0.212. The number of hydrogen-bond acceptors (Lipinski definition) is 3. The van der Waals surface area contributed by atoms with E-state index in [1.54, 1.807) is 18.4 Å². The van der Waals surface area contributed by atoms with E-state index in [-0.39, 0.29) is 6.04 Å². The maximum Gasteiger partial charge on any atom is 0.122 e. The summed E-state index contributed by atoms with van der Waals surface area (Å²) in [5.74, 6) is 0.942. The number of hydrogen-bond donors (Lipinski definition) is 1. The zero-order valence-electron chi connectivity index (χ0n) is 12.3. The molecule has 1 atom stereocenters. The highest BCUT2D eigenvalue weighted by molar-refractivity contribution is 9.11. The van der Waals surface area contributed by atoms with Gasteiger partial charge in [0.25, 0.3) is 0 Å². The van der Waals surface area contributed by atoms with Gasteiger partial charge in [-0.3, -0.25) is 0 Å². The summed E-state index contributed by atoms with van der Waals surface area (Å²) in [4.78, 5) is 1.32. The van der Waals surface area contributed by atoms with Crippen LogP contribution in [0.4, 0.5) is 0 Å². The fraction of sp³-hybridized carbons (Fsp3) is 0.375. The Bertz CT molecular complexity index is 575. The van der Waals surface area contributed by atoms with Crippen LogP contribution >= 0.6 is 27.3 Å². The molecule has 1 aromatic heterocycles. The second kappa shape index (κ2) is 6.74. The van der Waals surface area contributed by atoms with Crippen LogP contribution in [-0.2, 0) is 0 Å². The summed E-state index contributed by atoms with van der Waals surface area (Å²) in [5, 5.41) is 3.56. The van der Waals surface area contributed by atoms with Crippen LogP contribution in [0.3, 0.4) is 0 Å². The van der Waals surface area contributed by atoms with Crippen molar-refractivity contribution >= 4 is 27.3 Å².